The van der Waals surface area contributed by atoms with Crippen LogP contribution in [0.2, 0.25) is 0 Å². The monoisotopic (exact) mass is 412 g/mol. The zero-order valence-electron chi connectivity index (χ0n) is 14.1. The quantitative estimate of drug-likeness (QED) is 0.474. The van der Waals surface area contributed by atoms with Gasteiger partial charge in [-0.2, -0.15) is 5.10 Å². The number of benzene rings is 2. The van der Waals surface area contributed by atoms with Crippen LogP contribution >= 0.6 is 15.9 Å². The number of hydrazone groups is 1. The highest BCUT2D eigenvalue weighted by atomic mass is 79.9. The molecule has 3 rings (SSSR count). The molecular formula is C20H17BrN2O3. The van der Waals surface area contributed by atoms with Crippen molar-refractivity contribution in [3.05, 3.63) is 77.2 Å². The molecule has 1 atom stereocenters. The van der Waals surface area contributed by atoms with Crippen molar-refractivity contribution in [2.24, 2.45) is 5.10 Å². The maximum Gasteiger partial charge on any atom is 0.280 e. The van der Waals surface area contributed by atoms with E-state index in [0.717, 1.165) is 11.1 Å². The molecule has 1 aromatic heterocycles. The molecule has 1 heterocycles. The van der Waals surface area contributed by atoms with Gasteiger partial charge in [-0.15, -0.1) is 0 Å². The van der Waals surface area contributed by atoms with E-state index in [4.69, 9.17) is 9.15 Å². The summed E-state index contributed by atoms with van der Waals surface area (Å²) in [7, 11) is 0. The highest BCUT2D eigenvalue weighted by molar-refractivity contribution is 9.10. The van der Waals surface area contributed by atoms with Gasteiger partial charge in [0.1, 0.15) is 11.5 Å². The summed E-state index contributed by atoms with van der Waals surface area (Å²) in [6.45, 7) is 1.67. The first-order chi connectivity index (χ1) is 12.6. The van der Waals surface area contributed by atoms with Gasteiger partial charge in [-0.1, -0.05) is 42.5 Å². The second kappa shape index (κ2) is 8.49. The van der Waals surface area contributed by atoms with Gasteiger partial charge < -0.3 is 9.15 Å². The molecule has 1 N–H and O–H groups in total. The van der Waals surface area contributed by atoms with Crippen LogP contribution in [0.3, 0.4) is 0 Å². The van der Waals surface area contributed by atoms with Crippen LogP contribution in [-0.4, -0.2) is 18.2 Å². The van der Waals surface area contributed by atoms with Gasteiger partial charge in [0.2, 0.25) is 0 Å². The van der Waals surface area contributed by atoms with Crippen molar-refractivity contribution in [3.8, 4) is 16.9 Å². The first kappa shape index (κ1) is 17.9. The van der Waals surface area contributed by atoms with Gasteiger partial charge in [-0.25, -0.2) is 5.43 Å². The smallest absolute Gasteiger partial charge is 0.280 e. The van der Waals surface area contributed by atoms with Crippen LogP contribution < -0.4 is 10.2 Å². The summed E-state index contributed by atoms with van der Waals surface area (Å²) in [4.78, 5) is 12.0. The minimum absolute atomic E-state index is 0.348. The number of halogens is 1. The molecule has 0 unspecified atom stereocenters. The highest BCUT2D eigenvalue weighted by Gasteiger charge is 2.14. The Morgan fingerprint density at radius 2 is 1.77 bits per heavy atom. The number of rotatable bonds is 6. The number of carbonyl (C=O) groups is 1. The normalized spacial score (nSPS) is 12.1. The van der Waals surface area contributed by atoms with Gasteiger partial charge in [0.25, 0.3) is 5.91 Å². The lowest BCUT2D eigenvalue weighted by atomic mass is 10.1. The van der Waals surface area contributed by atoms with E-state index >= 15 is 0 Å². The molecule has 0 aliphatic heterocycles. The standard InChI is InChI=1S/C20H17BrN2O3/c1-14(20(24)23-22-13-18-11-12-19(21)26-18)25-17-9-7-16(8-10-17)15-5-3-2-4-6-15/h2-14H,1H3,(H,23,24)/b22-13+/t14-/m0/s1. The average molecular weight is 413 g/mol. The maximum absolute atomic E-state index is 12.0. The fraction of sp³-hybridized carbons (Fsp3) is 0.100. The number of furan rings is 1. The third-order valence-corrected chi connectivity index (χ3v) is 4.03. The van der Waals surface area contributed by atoms with Crippen molar-refractivity contribution in [1.29, 1.82) is 0 Å². The number of nitrogens with one attached hydrogen (secondary N) is 1. The van der Waals surface area contributed by atoms with Gasteiger partial charge in [0.15, 0.2) is 10.8 Å². The van der Waals surface area contributed by atoms with Gasteiger partial charge in [-0.05, 0) is 58.2 Å². The molecular weight excluding hydrogens is 396 g/mol. The predicted octanol–water partition coefficient (Wildman–Crippen LogP) is 4.63. The molecule has 0 bridgehead atoms. The lowest BCUT2D eigenvalue weighted by molar-refractivity contribution is -0.127. The molecule has 2 aromatic carbocycles. The number of hydrogen-bond donors (Lipinski definition) is 1. The Labute approximate surface area is 159 Å². The second-order valence-corrected chi connectivity index (χ2v) is 6.31. The molecule has 0 fully saturated rings. The molecule has 0 saturated carbocycles. The summed E-state index contributed by atoms with van der Waals surface area (Å²) in [5, 5.41) is 3.85. The predicted molar refractivity (Wildman–Crippen MR) is 104 cm³/mol. The number of ether oxygens (including phenoxy) is 1. The molecule has 0 aliphatic rings. The second-order valence-electron chi connectivity index (χ2n) is 5.53. The molecule has 0 saturated heterocycles. The van der Waals surface area contributed by atoms with E-state index in [-0.39, 0.29) is 5.91 Å². The molecule has 0 aliphatic carbocycles. The summed E-state index contributed by atoms with van der Waals surface area (Å²) in [5.74, 6) is 0.799. The molecule has 0 spiro atoms. The van der Waals surface area contributed by atoms with Crippen molar-refractivity contribution < 1.29 is 13.9 Å². The number of nitrogens with zero attached hydrogens (tertiary/aromatic N) is 1. The molecule has 26 heavy (non-hydrogen) atoms. The van der Waals surface area contributed by atoms with Crippen LogP contribution in [0.4, 0.5) is 0 Å². The van der Waals surface area contributed by atoms with Crippen LogP contribution in [0, 0.1) is 0 Å². The van der Waals surface area contributed by atoms with E-state index in [1.54, 1.807) is 19.1 Å². The van der Waals surface area contributed by atoms with Crippen LogP contribution in [-0.2, 0) is 4.79 Å². The molecule has 3 aromatic rings. The average Bonchev–Trinajstić information content (AvgIpc) is 3.08. The number of amides is 1. The fourth-order valence-electron chi connectivity index (χ4n) is 2.26. The van der Waals surface area contributed by atoms with E-state index < -0.39 is 6.10 Å². The molecule has 5 nitrogen and oxygen atoms in total. The Hall–Kier alpha value is -2.86. The van der Waals surface area contributed by atoms with Gasteiger partial charge >= 0.3 is 0 Å². The van der Waals surface area contributed by atoms with E-state index in [1.807, 2.05) is 54.6 Å². The minimum Gasteiger partial charge on any atom is -0.481 e. The van der Waals surface area contributed by atoms with Crippen LogP contribution in [0.15, 0.2) is 80.9 Å². The third kappa shape index (κ3) is 4.83. The Kier molecular flexibility index (Phi) is 5.86. The van der Waals surface area contributed by atoms with E-state index in [9.17, 15) is 4.79 Å². The van der Waals surface area contributed by atoms with Crippen LogP contribution in [0.5, 0.6) is 5.75 Å². The van der Waals surface area contributed by atoms with Crippen molar-refractivity contribution >= 4 is 28.1 Å². The summed E-state index contributed by atoms with van der Waals surface area (Å²) in [6, 6.07) is 21.1. The Balaban J connectivity index is 1.54. The van der Waals surface area contributed by atoms with Gasteiger partial charge in [0.05, 0.1) is 6.21 Å². The molecule has 1 amide bonds. The number of carbonyl (C=O) groups excluding carboxylic acids is 1. The van der Waals surface area contributed by atoms with E-state index in [0.29, 0.717) is 16.2 Å². The van der Waals surface area contributed by atoms with Crippen molar-refractivity contribution in [2.45, 2.75) is 13.0 Å². The fourth-order valence-corrected chi connectivity index (χ4v) is 2.58. The third-order valence-electron chi connectivity index (χ3n) is 3.60. The summed E-state index contributed by atoms with van der Waals surface area (Å²) in [6.07, 6.45) is 0.738. The minimum atomic E-state index is -0.682. The van der Waals surface area contributed by atoms with Crippen LogP contribution in [0.1, 0.15) is 12.7 Å². The maximum atomic E-state index is 12.0. The molecule has 132 valence electrons. The van der Waals surface area contributed by atoms with Crippen molar-refractivity contribution in [2.75, 3.05) is 0 Å². The first-order valence-corrected chi connectivity index (χ1v) is 8.81. The van der Waals surface area contributed by atoms with Gasteiger partial charge in [0, 0.05) is 0 Å². The lowest BCUT2D eigenvalue weighted by Crippen LogP contribution is -2.33. The largest absolute Gasteiger partial charge is 0.481 e. The lowest BCUT2D eigenvalue weighted by Gasteiger charge is -2.13. The Morgan fingerprint density at radius 3 is 2.42 bits per heavy atom. The first-order valence-electron chi connectivity index (χ1n) is 8.02. The zero-order valence-corrected chi connectivity index (χ0v) is 15.6. The topological polar surface area (TPSA) is 63.8 Å². The molecule has 0 radical (unpaired) electrons. The van der Waals surface area contributed by atoms with Crippen molar-refractivity contribution in [1.82, 2.24) is 5.43 Å². The van der Waals surface area contributed by atoms with Gasteiger partial charge in [-0.3, -0.25) is 4.79 Å². The van der Waals surface area contributed by atoms with E-state index in [1.165, 1.54) is 6.21 Å². The van der Waals surface area contributed by atoms with Crippen molar-refractivity contribution in [3.63, 3.8) is 0 Å². The highest BCUT2D eigenvalue weighted by Crippen LogP contribution is 2.22. The summed E-state index contributed by atoms with van der Waals surface area (Å²) in [5.41, 5.74) is 4.64. The number of hydrogen-bond acceptors (Lipinski definition) is 4. The summed E-state index contributed by atoms with van der Waals surface area (Å²) < 4.78 is 11.5. The Morgan fingerprint density at radius 1 is 1.08 bits per heavy atom. The SMILES string of the molecule is C[C@H](Oc1ccc(-c2ccccc2)cc1)C(=O)N/N=C/c1ccc(Br)o1. The zero-order chi connectivity index (χ0) is 18.4. The Bertz CT molecular complexity index is 889. The van der Waals surface area contributed by atoms with Crippen LogP contribution in [0.25, 0.3) is 11.1 Å². The molecule has 6 heteroatoms. The van der Waals surface area contributed by atoms with E-state index in [2.05, 4.69) is 26.5 Å². The summed E-state index contributed by atoms with van der Waals surface area (Å²) >= 11 is 3.20.